The molecular formula is C20H23N3O3. The van der Waals surface area contributed by atoms with Crippen molar-refractivity contribution in [1.82, 2.24) is 15.6 Å². The van der Waals surface area contributed by atoms with Gasteiger partial charge in [0.15, 0.2) is 6.61 Å². The molecule has 26 heavy (non-hydrogen) atoms. The fourth-order valence-electron chi connectivity index (χ4n) is 2.22. The maximum atomic E-state index is 11.8. The normalized spacial score (nSPS) is 10.5. The van der Waals surface area contributed by atoms with Gasteiger partial charge in [0.25, 0.3) is 5.91 Å². The van der Waals surface area contributed by atoms with E-state index in [-0.39, 0.29) is 18.4 Å². The molecule has 2 amide bonds. The summed E-state index contributed by atoms with van der Waals surface area (Å²) in [6.07, 6.45) is 7.26. The fourth-order valence-corrected chi connectivity index (χ4v) is 2.22. The second-order valence-electron chi connectivity index (χ2n) is 5.55. The molecule has 0 saturated heterocycles. The summed E-state index contributed by atoms with van der Waals surface area (Å²) in [4.78, 5) is 27.2. The van der Waals surface area contributed by atoms with Crippen molar-refractivity contribution >= 4 is 17.9 Å². The highest BCUT2D eigenvalue weighted by Crippen LogP contribution is 2.13. The topological polar surface area (TPSA) is 80.3 Å². The summed E-state index contributed by atoms with van der Waals surface area (Å²) >= 11 is 0. The van der Waals surface area contributed by atoms with Gasteiger partial charge in [0.2, 0.25) is 5.91 Å². The van der Waals surface area contributed by atoms with Crippen molar-refractivity contribution in [3.63, 3.8) is 0 Å². The monoisotopic (exact) mass is 353 g/mol. The summed E-state index contributed by atoms with van der Waals surface area (Å²) in [7, 11) is 0. The molecule has 1 aromatic heterocycles. The summed E-state index contributed by atoms with van der Waals surface area (Å²) in [6, 6.07) is 11.2. The van der Waals surface area contributed by atoms with Gasteiger partial charge in [0.05, 0.1) is 0 Å². The molecule has 0 saturated carbocycles. The van der Waals surface area contributed by atoms with Gasteiger partial charge in [-0.2, -0.15) is 0 Å². The molecule has 0 atom stereocenters. The Hall–Kier alpha value is -3.15. The second kappa shape index (κ2) is 10.7. The summed E-state index contributed by atoms with van der Waals surface area (Å²) in [5, 5.41) is 5.52. The highest BCUT2D eigenvalue weighted by molar-refractivity contribution is 5.91. The van der Waals surface area contributed by atoms with Crippen LogP contribution in [0.2, 0.25) is 0 Å². The van der Waals surface area contributed by atoms with Gasteiger partial charge in [0.1, 0.15) is 5.75 Å². The zero-order valence-electron chi connectivity index (χ0n) is 14.8. The number of hydrogen-bond donors (Lipinski definition) is 2. The van der Waals surface area contributed by atoms with Crippen LogP contribution in [0.15, 0.2) is 54.9 Å². The first kappa shape index (κ1) is 19.2. The van der Waals surface area contributed by atoms with Crippen molar-refractivity contribution in [3.8, 4) is 5.75 Å². The Morgan fingerprint density at radius 2 is 2.08 bits per heavy atom. The van der Waals surface area contributed by atoms with Crippen LogP contribution in [-0.2, 0) is 16.0 Å². The Labute approximate surface area is 153 Å². The van der Waals surface area contributed by atoms with Crippen LogP contribution in [0, 0.1) is 0 Å². The third-order valence-electron chi connectivity index (χ3n) is 3.47. The number of nitrogens with one attached hydrogen (secondary N) is 2. The van der Waals surface area contributed by atoms with Crippen LogP contribution in [-0.4, -0.2) is 36.5 Å². The Kier molecular flexibility index (Phi) is 7.86. The quantitative estimate of drug-likeness (QED) is 0.676. The third kappa shape index (κ3) is 7.17. The minimum Gasteiger partial charge on any atom is -0.484 e. The van der Waals surface area contributed by atoms with E-state index in [0.29, 0.717) is 25.3 Å². The number of carbonyl (C=O) groups is 2. The van der Waals surface area contributed by atoms with Crippen molar-refractivity contribution in [2.24, 2.45) is 0 Å². The highest BCUT2D eigenvalue weighted by atomic mass is 16.5. The molecule has 6 nitrogen and oxygen atoms in total. The summed E-state index contributed by atoms with van der Waals surface area (Å²) in [5.74, 6) is 0.333. The minimum atomic E-state index is -0.155. The molecule has 1 heterocycles. The summed E-state index contributed by atoms with van der Waals surface area (Å²) < 4.78 is 5.46. The molecule has 6 heteroatoms. The van der Waals surface area contributed by atoms with E-state index in [9.17, 15) is 9.59 Å². The highest BCUT2D eigenvalue weighted by Gasteiger charge is 2.02. The molecule has 0 aliphatic carbocycles. The lowest BCUT2D eigenvalue weighted by Crippen LogP contribution is -2.28. The van der Waals surface area contributed by atoms with Gasteiger partial charge in [-0.3, -0.25) is 14.6 Å². The van der Waals surface area contributed by atoms with Gasteiger partial charge < -0.3 is 15.4 Å². The number of hydrogen-bond acceptors (Lipinski definition) is 4. The van der Waals surface area contributed by atoms with E-state index in [2.05, 4.69) is 15.6 Å². The number of ether oxygens (including phenoxy) is 1. The molecule has 136 valence electrons. The molecule has 0 bridgehead atoms. The van der Waals surface area contributed by atoms with E-state index in [1.807, 2.05) is 37.3 Å². The van der Waals surface area contributed by atoms with Crippen molar-refractivity contribution in [2.45, 2.75) is 13.3 Å². The first-order valence-electron chi connectivity index (χ1n) is 8.51. The zero-order valence-corrected chi connectivity index (χ0v) is 14.8. The molecule has 0 radical (unpaired) electrons. The Morgan fingerprint density at radius 1 is 1.19 bits per heavy atom. The van der Waals surface area contributed by atoms with E-state index in [0.717, 1.165) is 11.1 Å². The SMILES string of the molecule is CCNC(=O)COc1cccc(CCNC(=O)/C=C/c2cccnc2)c1. The number of benzene rings is 1. The van der Waals surface area contributed by atoms with E-state index < -0.39 is 0 Å². The second-order valence-corrected chi connectivity index (χ2v) is 5.55. The first-order chi connectivity index (χ1) is 12.7. The largest absolute Gasteiger partial charge is 0.484 e. The maximum Gasteiger partial charge on any atom is 0.257 e. The Morgan fingerprint density at radius 3 is 2.85 bits per heavy atom. The summed E-state index contributed by atoms with van der Waals surface area (Å²) in [5.41, 5.74) is 1.90. The van der Waals surface area contributed by atoms with Gasteiger partial charge in [-0.15, -0.1) is 0 Å². The first-order valence-corrected chi connectivity index (χ1v) is 8.51. The molecule has 2 rings (SSSR count). The molecule has 0 aliphatic rings. The molecule has 2 N–H and O–H groups in total. The van der Waals surface area contributed by atoms with Gasteiger partial charge in [-0.25, -0.2) is 0 Å². The predicted octanol–water partition coefficient (Wildman–Crippen LogP) is 1.97. The number of aromatic nitrogens is 1. The lowest BCUT2D eigenvalue weighted by atomic mass is 10.1. The van der Waals surface area contributed by atoms with E-state index in [1.54, 1.807) is 24.5 Å². The van der Waals surface area contributed by atoms with Crippen molar-refractivity contribution in [1.29, 1.82) is 0 Å². The van der Waals surface area contributed by atoms with Crippen molar-refractivity contribution in [3.05, 3.63) is 66.0 Å². The molecule has 0 unspecified atom stereocenters. The Balaban J connectivity index is 1.75. The van der Waals surface area contributed by atoms with E-state index >= 15 is 0 Å². The van der Waals surface area contributed by atoms with Crippen LogP contribution in [0.25, 0.3) is 6.08 Å². The Bertz CT molecular complexity index is 745. The number of likely N-dealkylation sites (N-methyl/N-ethyl adjacent to an activating group) is 1. The minimum absolute atomic E-state index is 0.00678. The van der Waals surface area contributed by atoms with Crippen LogP contribution in [0.4, 0.5) is 0 Å². The number of amides is 2. The van der Waals surface area contributed by atoms with Crippen LogP contribution in [0.3, 0.4) is 0 Å². The molecule has 0 fully saturated rings. The molecule has 1 aromatic carbocycles. The standard InChI is InChI=1S/C20H23N3O3/c1-2-22-20(25)15-26-18-7-3-5-16(13-18)10-12-23-19(24)9-8-17-6-4-11-21-14-17/h3-9,11,13-14H,2,10,12,15H2,1H3,(H,22,25)(H,23,24)/b9-8+. The number of nitrogens with zero attached hydrogens (tertiary/aromatic N) is 1. The maximum absolute atomic E-state index is 11.8. The lowest BCUT2D eigenvalue weighted by molar-refractivity contribution is -0.123. The van der Waals surface area contributed by atoms with Gasteiger partial charge in [-0.1, -0.05) is 18.2 Å². The number of rotatable bonds is 9. The molecule has 2 aromatic rings. The van der Waals surface area contributed by atoms with Crippen LogP contribution >= 0.6 is 0 Å². The van der Waals surface area contributed by atoms with Gasteiger partial charge >= 0.3 is 0 Å². The molecular weight excluding hydrogens is 330 g/mol. The van der Waals surface area contributed by atoms with E-state index in [1.165, 1.54) is 6.08 Å². The molecule has 0 spiro atoms. The van der Waals surface area contributed by atoms with Gasteiger partial charge in [0, 0.05) is 31.6 Å². The van der Waals surface area contributed by atoms with Crippen LogP contribution < -0.4 is 15.4 Å². The average Bonchev–Trinajstić information content (AvgIpc) is 2.66. The molecule has 0 aliphatic heterocycles. The summed E-state index contributed by atoms with van der Waals surface area (Å²) in [6.45, 7) is 2.94. The smallest absolute Gasteiger partial charge is 0.257 e. The average molecular weight is 353 g/mol. The van der Waals surface area contributed by atoms with Gasteiger partial charge in [-0.05, 0) is 48.7 Å². The van der Waals surface area contributed by atoms with Crippen molar-refractivity contribution < 1.29 is 14.3 Å². The lowest BCUT2D eigenvalue weighted by Gasteiger charge is -2.08. The van der Waals surface area contributed by atoms with Crippen molar-refractivity contribution in [2.75, 3.05) is 19.7 Å². The fraction of sp³-hybridized carbons (Fsp3) is 0.250. The van der Waals surface area contributed by atoms with E-state index in [4.69, 9.17) is 4.74 Å². The number of carbonyl (C=O) groups excluding carboxylic acids is 2. The predicted molar refractivity (Wildman–Crippen MR) is 101 cm³/mol. The van der Waals surface area contributed by atoms with Crippen LogP contribution in [0.1, 0.15) is 18.1 Å². The zero-order chi connectivity index (χ0) is 18.6. The van der Waals surface area contributed by atoms with Crippen LogP contribution in [0.5, 0.6) is 5.75 Å². The number of pyridine rings is 1. The third-order valence-corrected chi connectivity index (χ3v) is 3.47.